The Morgan fingerprint density at radius 2 is 2.25 bits per heavy atom. The molecule has 92 valence electrons. The zero-order chi connectivity index (χ0) is 12.1. The van der Waals surface area contributed by atoms with Crippen molar-refractivity contribution in [1.29, 1.82) is 0 Å². The van der Waals surface area contributed by atoms with E-state index in [0.29, 0.717) is 12.3 Å². The van der Waals surface area contributed by atoms with Crippen LogP contribution < -0.4 is 5.32 Å². The largest absolute Gasteiger partial charge is 0.480 e. The Hall–Kier alpha value is -0.750. The van der Waals surface area contributed by atoms with Gasteiger partial charge in [0.05, 0.1) is 6.54 Å². The maximum atomic E-state index is 11.5. The van der Waals surface area contributed by atoms with E-state index in [2.05, 4.69) is 5.32 Å². The molecule has 0 aliphatic carbocycles. The van der Waals surface area contributed by atoms with Crippen molar-refractivity contribution in [3.05, 3.63) is 0 Å². The van der Waals surface area contributed by atoms with Crippen LogP contribution in [0.15, 0.2) is 0 Å². The number of nitrogens with one attached hydrogen (secondary N) is 1. The van der Waals surface area contributed by atoms with Gasteiger partial charge in [0.1, 0.15) is 6.04 Å². The third-order valence-corrected chi connectivity index (χ3v) is 3.34. The van der Waals surface area contributed by atoms with Crippen LogP contribution in [0.5, 0.6) is 0 Å². The topological polar surface area (TPSA) is 69.6 Å². The fourth-order valence-corrected chi connectivity index (χ4v) is 2.71. The third kappa shape index (κ3) is 4.02. The summed E-state index contributed by atoms with van der Waals surface area (Å²) in [7, 11) is 0. The molecule has 0 radical (unpaired) electrons. The minimum absolute atomic E-state index is 0.0925. The summed E-state index contributed by atoms with van der Waals surface area (Å²) in [5, 5.41) is 11.8. The number of rotatable bonds is 4. The van der Waals surface area contributed by atoms with Crippen LogP contribution in [0.4, 0.5) is 0 Å². The van der Waals surface area contributed by atoms with Crippen LogP contribution >= 0.6 is 11.8 Å². The molecule has 1 rings (SSSR count). The van der Waals surface area contributed by atoms with Crippen molar-refractivity contribution in [3.8, 4) is 0 Å². The average molecular weight is 246 g/mol. The van der Waals surface area contributed by atoms with Gasteiger partial charge in [0.2, 0.25) is 5.91 Å². The molecule has 1 aliphatic heterocycles. The Morgan fingerprint density at radius 3 is 2.81 bits per heavy atom. The molecule has 0 aromatic heterocycles. The number of carbonyl (C=O) groups is 2. The van der Waals surface area contributed by atoms with Gasteiger partial charge in [-0.2, -0.15) is 11.8 Å². The Kier molecular flexibility index (Phi) is 5.08. The molecule has 6 heteroatoms. The maximum Gasteiger partial charge on any atom is 0.321 e. The van der Waals surface area contributed by atoms with E-state index in [1.807, 2.05) is 13.8 Å². The molecule has 16 heavy (non-hydrogen) atoms. The van der Waals surface area contributed by atoms with Gasteiger partial charge in [0, 0.05) is 24.1 Å². The first-order chi connectivity index (χ1) is 7.50. The minimum Gasteiger partial charge on any atom is -0.480 e. The summed E-state index contributed by atoms with van der Waals surface area (Å²) in [6.45, 7) is 4.61. The Morgan fingerprint density at radius 1 is 1.56 bits per heavy atom. The molecule has 0 spiro atoms. The maximum absolute atomic E-state index is 11.5. The van der Waals surface area contributed by atoms with Gasteiger partial charge in [-0.05, 0) is 13.8 Å². The summed E-state index contributed by atoms with van der Waals surface area (Å²) in [6, 6.07) is -0.438. The van der Waals surface area contributed by atoms with Gasteiger partial charge >= 0.3 is 5.97 Å². The number of aliphatic carboxylic acids is 1. The number of carbonyl (C=O) groups excluding carboxylic acids is 1. The van der Waals surface area contributed by atoms with E-state index >= 15 is 0 Å². The third-order valence-electron chi connectivity index (χ3n) is 2.32. The van der Waals surface area contributed by atoms with Crippen molar-refractivity contribution in [1.82, 2.24) is 10.2 Å². The summed E-state index contributed by atoms with van der Waals surface area (Å²) >= 11 is 1.62. The summed E-state index contributed by atoms with van der Waals surface area (Å²) in [5.41, 5.74) is 0. The highest BCUT2D eigenvalue weighted by Gasteiger charge is 2.29. The van der Waals surface area contributed by atoms with Crippen molar-refractivity contribution in [2.45, 2.75) is 25.9 Å². The lowest BCUT2D eigenvalue weighted by Crippen LogP contribution is -2.51. The molecular formula is C10H18N2O3S. The first-order valence-electron chi connectivity index (χ1n) is 5.34. The number of amides is 1. The lowest BCUT2D eigenvalue weighted by atomic mass is 10.2. The summed E-state index contributed by atoms with van der Waals surface area (Å²) in [5.74, 6) is 0.501. The molecule has 0 aromatic rings. The first kappa shape index (κ1) is 13.3. The highest BCUT2D eigenvalue weighted by Crippen LogP contribution is 2.16. The van der Waals surface area contributed by atoms with Crippen molar-refractivity contribution in [2.75, 3.05) is 24.6 Å². The lowest BCUT2D eigenvalue weighted by Gasteiger charge is -2.31. The molecule has 0 bridgehead atoms. The van der Waals surface area contributed by atoms with E-state index in [4.69, 9.17) is 5.11 Å². The average Bonchev–Trinajstić information content (AvgIpc) is 2.16. The zero-order valence-corrected chi connectivity index (χ0v) is 10.4. The van der Waals surface area contributed by atoms with E-state index in [1.54, 1.807) is 16.7 Å². The minimum atomic E-state index is -0.843. The quantitative estimate of drug-likeness (QED) is 0.731. The molecule has 1 amide bonds. The fraction of sp³-hybridized carbons (Fsp3) is 0.800. The van der Waals surface area contributed by atoms with E-state index in [1.165, 1.54) is 0 Å². The SMILES string of the molecule is CC(C)NC(=O)CN1CCSCC1C(=O)O. The van der Waals surface area contributed by atoms with Gasteiger partial charge in [0.25, 0.3) is 0 Å². The molecule has 5 nitrogen and oxygen atoms in total. The molecule has 1 unspecified atom stereocenters. The lowest BCUT2D eigenvalue weighted by molar-refractivity contribution is -0.143. The van der Waals surface area contributed by atoms with Crippen LogP contribution in [0, 0.1) is 0 Å². The van der Waals surface area contributed by atoms with E-state index in [9.17, 15) is 9.59 Å². The number of hydrogen-bond acceptors (Lipinski definition) is 4. The van der Waals surface area contributed by atoms with Crippen molar-refractivity contribution < 1.29 is 14.7 Å². The summed E-state index contributed by atoms with van der Waals surface area (Å²) in [6.07, 6.45) is 0. The van der Waals surface area contributed by atoms with Gasteiger partial charge in [-0.15, -0.1) is 0 Å². The van der Waals surface area contributed by atoms with Crippen LogP contribution in [0.1, 0.15) is 13.8 Å². The molecule has 1 aliphatic rings. The second-order valence-corrected chi connectivity index (χ2v) is 5.27. The molecule has 1 fully saturated rings. The highest BCUT2D eigenvalue weighted by molar-refractivity contribution is 7.99. The van der Waals surface area contributed by atoms with Crippen LogP contribution in [0.2, 0.25) is 0 Å². The van der Waals surface area contributed by atoms with Gasteiger partial charge < -0.3 is 10.4 Å². The van der Waals surface area contributed by atoms with Crippen molar-refractivity contribution >= 4 is 23.6 Å². The normalized spacial score (nSPS) is 22.1. The van der Waals surface area contributed by atoms with Crippen molar-refractivity contribution in [3.63, 3.8) is 0 Å². The fourth-order valence-electron chi connectivity index (χ4n) is 1.61. The molecular weight excluding hydrogens is 228 g/mol. The second-order valence-electron chi connectivity index (χ2n) is 4.12. The Labute approximate surface area is 99.6 Å². The number of nitrogens with zero attached hydrogens (tertiary/aromatic N) is 1. The van der Waals surface area contributed by atoms with Crippen LogP contribution in [-0.4, -0.2) is 58.6 Å². The highest BCUT2D eigenvalue weighted by atomic mass is 32.2. The first-order valence-corrected chi connectivity index (χ1v) is 6.50. The second kappa shape index (κ2) is 6.10. The van der Waals surface area contributed by atoms with Gasteiger partial charge in [-0.1, -0.05) is 0 Å². The van der Waals surface area contributed by atoms with E-state index < -0.39 is 12.0 Å². The van der Waals surface area contributed by atoms with Crippen LogP contribution in [0.3, 0.4) is 0 Å². The molecule has 0 aromatic carbocycles. The van der Waals surface area contributed by atoms with E-state index in [0.717, 1.165) is 5.75 Å². The Balaban J connectivity index is 2.49. The van der Waals surface area contributed by atoms with Gasteiger partial charge in [0.15, 0.2) is 0 Å². The summed E-state index contributed by atoms with van der Waals surface area (Å²) < 4.78 is 0. The smallest absolute Gasteiger partial charge is 0.321 e. The molecule has 1 heterocycles. The number of thioether (sulfide) groups is 1. The van der Waals surface area contributed by atoms with Crippen LogP contribution in [0.25, 0.3) is 0 Å². The number of hydrogen-bond donors (Lipinski definition) is 2. The molecule has 0 saturated carbocycles. The predicted molar refractivity (Wildman–Crippen MR) is 63.6 cm³/mol. The molecule has 1 saturated heterocycles. The predicted octanol–water partition coefficient (Wildman–Crippen LogP) is 0.0130. The van der Waals surface area contributed by atoms with Gasteiger partial charge in [-0.25, -0.2) is 0 Å². The number of carboxylic acid groups (broad SMARTS) is 1. The Bertz CT molecular complexity index is 271. The molecule has 1 atom stereocenters. The molecule has 2 N–H and O–H groups in total. The standard InChI is InChI=1S/C10H18N2O3S/c1-7(2)11-9(13)5-12-3-4-16-6-8(12)10(14)15/h7-8H,3-6H2,1-2H3,(H,11,13)(H,14,15). The van der Waals surface area contributed by atoms with E-state index in [-0.39, 0.29) is 18.5 Å². The van der Waals surface area contributed by atoms with Crippen molar-refractivity contribution in [2.24, 2.45) is 0 Å². The van der Waals surface area contributed by atoms with Crippen LogP contribution in [-0.2, 0) is 9.59 Å². The summed E-state index contributed by atoms with van der Waals surface area (Å²) in [4.78, 5) is 24.3. The number of carboxylic acids is 1. The zero-order valence-electron chi connectivity index (χ0n) is 9.60. The van der Waals surface area contributed by atoms with Gasteiger partial charge in [-0.3, -0.25) is 14.5 Å². The monoisotopic (exact) mass is 246 g/mol.